The summed E-state index contributed by atoms with van der Waals surface area (Å²) in [5, 5.41) is 9.17. The van der Waals surface area contributed by atoms with Gasteiger partial charge in [0, 0.05) is 17.4 Å². The number of hydrogen-bond donors (Lipinski definition) is 3. The second-order valence-corrected chi connectivity index (χ2v) is 8.07. The van der Waals surface area contributed by atoms with Crippen LogP contribution in [0.2, 0.25) is 0 Å². The average Bonchev–Trinajstić information content (AvgIpc) is 2.85. The summed E-state index contributed by atoms with van der Waals surface area (Å²) < 4.78 is 10.7. The molecule has 0 atom stereocenters. The zero-order chi connectivity index (χ0) is 26.1. The van der Waals surface area contributed by atoms with Gasteiger partial charge in [0.25, 0.3) is 5.91 Å². The highest BCUT2D eigenvalue weighted by atomic mass is 16.5. The van der Waals surface area contributed by atoms with Crippen molar-refractivity contribution in [3.63, 3.8) is 0 Å². The van der Waals surface area contributed by atoms with Crippen LogP contribution in [0.3, 0.4) is 0 Å². The number of amides is 3. The topological polar surface area (TPSA) is 118 Å². The number of hydrogen-bond acceptors (Lipinski definition) is 6. The second kappa shape index (κ2) is 12.2. The van der Waals surface area contributed by atoms with E-state index in [9.17, 15) is 14.4 Å². The van der Waals surface area contributed by atoms with Crippen LogP contribution in [-0.2, 0) is 14.4 Å². The smallest absolute Gasteiger partial charge is 0.329 e. The maximum absolute atomic E-state index is 12.4. The van der Waals surface area contributed by atoms with Crippen molar-refractivity contribution in [3.8, 4) is 11.5 Å². The maximum atomic E-state index is 12.4. The van der Waals surface area contributed by atoms with Crippen molar-refractivity contribution in [2.24, 2.45) is 5.10 Å². The molecule has 3 rings (SSSR count). The van der Waals surface area contributed by atoms with Crippen molar-refractivity contribution in [1.29, 1.82) is 0 Å². The molecule has 0 aliphatic rings. The van der Waals surface area contributed by atoms with Crippen molar-refractivity contribution in [2.75, 3.05) is 24.4 Å². The van der Waals surface area contributed by atoms with E-state index in [4.69, 9.17) is 9.47 Å². The van der Waals surface area contributed by atoms with Crippen LogP contribution in [0, 0.1) is 20.8 Å². The number of nitrogens with zero attached hydrogens (tertiary/aromatic N) is 1. The zero-order valence-corrected chi connectivity index (χ0v) is 20.5. The molecule has 3 aromatic carbocycles. The third kappa shape index (κ3) is 7.42. The van der Waals surface area contributed by atoms with E-state index in [-0.39, 0.29) is 12.5 Å². The van der Waals surface area contributed by atoms with Crippen molar-refractivity contribution >= 4 is 35.3 Å². The normalized spacial score (nSPS) is 10.6. The summed E-state index contributed by atoms with van der Waals surface area (Å²) in [6.07, 6.45) is 1.36. The van der Waals surface area contributed by atoms with Gasteiger partial charge in [-0.2, -0.15) is 5.10 Å². The van der Waals surface area contributed by atoms with Gasteiger partial charge in [0.1, 0.15) is 11.5 Å². The molecule has 186 valence electrons. The van der Waals surface area contributed by atoms with E-state index >= 15 is 0 Å². The number of hydrazone groups is 1. The standard InChI is InChI=1S/C27H28N4O5/c1-17-11-18(2)25(19(3)12-17)30-24(32)16-36-23-10-5-7-20(13-23)15-28-31-27(34)26(33)29-21-8-6-9-22(14-21)35-4/h5-15H,16H2,1-4H3,(H,29,33)(H,30,32)(H,31,34)/b28-15-. The van der Waals surface area contributed by atoms with Crippen molar-refractivity contribution in [3.05, 3.63) is 82.9 Å². The van der Waals surface area contributed by atoms with Crippen LogP contribution < -0.4 is 25.5 Å². The predicted molar refractivity (Wildman–Crippen MR) is 139 cm³/mol. The number of ether oxygens (including phenoxy) is 2. The quantitative estimate of drug-likeness (QED) is 0.254. The molecule has 0 saturated heterocycles. The Morgan fingerprint density at radius 1 is 0.861 bits per heavy atom. The fourth-order valence-corrected chi connectivity index (χ4v) is 3.49. The van der Waals surface area contributed by atoms with E-state index in [2.05, 4.69) is 21.2 Å². The molecule has 0 radical (unpaired) electrons. The lowest BCUT2D eigenvalue weighted by Gasteiger charge is -2.13. The van der Waals surface area contributed by atoms with Crippen LogP contribution in [-0.4, -0.2) is 37.7 Å². The molecule has 0 heterocycles. The minimum absolute atomic E-state index is 0.172. The van der Waals surface area contributed by atoms with Crippen LogP contribution in [0.4, 0.5) is 11.4 Å². The number of aryl methyl sites for hydroxylation is 3. The summed E-state index contributed by atoms with van der Waals surface area (Å²) in [6, 6.07) is 17.5. The highest BCUT2D eigenvalue weighted by molar-refractivity contribution is 6.39. The molecule has 0 bridgehead atoms. The van der Waals surface area contributed by atoms with Gasteiger partial charge in [0.15, 0.2) is 6.61 Å². The third-order valence-electron chi connectivity index (χ3n) is 5.08. The molecule has 0 aromatic heterocycles. The van der Waals surface area contributed by atoms with Crippen molar-refractivity contribution in [2.45, 2.75) is 20.8 Å². The molecule has 3 aromatic rings. The molecule has 0 fully saturated rings. The molecule has 0 saturated carbocycles. The van der Waals surface area contributed by atoms with E-state index in [1.165, 1.54) is 13.3 Å². The van der Waals surface area contributed by atoms with Crippen LogP contribution in [0.25, 0.3) is 0 Å². The molecule has 9 heteroatoms. The average molecular weight is 489 g/mol. The van der Waals surface area contributed by atoms with Gasteiger partial charge in [-0.15, -0.1) is 0 Å². The highest BCUT2D eigenvalue weighted by Crippen LogP contribution is 2.22. The number of benzene rings is 3. The SMILES string of the molecule is COc1cccc(NC(=O)C(=O)N/N=C\c2cccc(OCC(=O)Nc3c(C)cc(C)cc3C)c2)c1. The molecule has 3 amide bonds. The van der Waals surface area contributed by atoms with Gasteiger partial charge in [-0.3, -0.25) is 14.4 Å². The Kier molecular flexibility index (Phi) is 8.77. The molecule has 0 unspecified atom stereocenters. The minimum Gasteiger partial charge on any atom is -0.497 e. The summed E-state index contributed by atoms with van der Waals surface area (Å²) in [7, 11) is 1.50. The summed E-state index contributed by atoms with van der Waals surface area (Å²) in [6.45, 7) is 5.73. The maximum Gasteiger partial charge on any atom is 0.329 e. The molecule has 0 aliphatic carbocycles. The summed E-state index contributed by atoms with van der Waals surface area (Å²) >= 11 is 0. The molecule has 9 nitrogen and oxygen atoms in total. The molecule has 3 N–H and O–H groups in total. The largest absolute Gasteiger partial charge is 0.497 e. The van der Waals surface area contributed by atoms with Crippen LogP contribution in [0.15, 0.2) is 65.8 Å². The molecular weight excluding hydrogens is 460 g/mol. The van der Waals surface area contributed by atoms with E-state index in [0.717, 1.165) is 22.4 Å². The van der Waals surface area contributed by atoms with Gasteiger partial charge < -0.3 is 20.1 Å². The zero-order valence-electron chi connectivity index (χ0n) is 20.5. The van der Waals surface area contributed by atoms with E-state index in [1.54, 1.807) is 48.5 Å². The van der Waals surface area contributed by atoms with Crippen LogP contribution in [0.5, 0.6) is 11.5 Å². The Bertz CT molecular complexity index is 1280. The summed E-state index contributed by atoms with van der Waals surface area (Å²) in [4.78, 5) is 36.5. The second-order valence-electron chi connectivity index (χ2n) is 8.07. The Hall–Kier alpha value is -4.66. The number of carbonyl (C=O) groups is 3. The highest BCUT2D eigenvalue weighted by Gasteiger charge is 2.13. The first-order valence-electron chi connectivity index (χ1n) is 11.1. The first-order valence-corrected chi connectivity index (χ1v) is 11.1. The first kappa shape index (κ1) is 26.0. The Balaban J connectivity index is 1.50. The predicted octanol–water partition coefficient (Wildman–Crippen LogP) is 3.73. The molecular formula is C27H28N4O5. The first-order chi connectivity index (χ1) is 17.2. The summed E-state index contributed by atoms with van der Waals surface area (Å²) in [5.41, 5.74) is 7.07. The van der Waals surface area contributed by atoms with Gasteiger partial charge in [-0.05, 0) is 61.7 Å². The fourth-order valence-electron chi connectivity index (χ4n) is 3.49. The number of rotatable bonds is 8. The van der Waals surface area contributed by atoms with Gasteiger partial charge in [-0.25, -0.2) is 5.43 Å². The van der Waals surface area contributed by atoms with Gasteiger partial charge >= 0.3 is 11.8 Å². The van der Waals surface area contributed by atoms with Crippen molar-refractivity contribution in [1.82, 2.24) is 5.43 Å². The minimum atomic E-state index is -0.931. The number of anilines is 2. The lowest BCUT2D eigenvalue weighted by molar-refractivity contribution is -0.136. The number of carbonyl (C=O) groups excluding carboxylic acids is 3. The van der Waals surface area contributed by atoms with E-state index in [0.29, 0.717) is 22.7 Å². The number of methoxy groups -OCH3 is 1. The Labute approximate surface area is 209 Å². The summed E-state index contributed by atoms with van der Waals surface area (Å²) in [5.74, 6) is -1.08. The van der Waals surface area contributed by atoms with E-state index < -0.39 is 11.8 Å². The van der Waals surface area contributed by atoms with Crippen LogP contribution >= 0.6 is 0 Å². The van der Waals surface area contributed by atoms with E-state index in [1.807, 2.05) is 32.9 Å². The van der Waals surface area contributed by atoms with Crippen LogP contribution in [0.1, 0.15) is 22.3 Å². The van der Waals surface area contributed by atoms with Gasteiger partial charge in [0.2, 0.25) is 0 Å². The van der Waals surface area contributed by atoms with Gasteiger partial charge in [0.05, 0.1) is 13.3 Å². The fraction of sp³-hybridized carbons (Fsp3) is 0.185. The molecule has 0 spiro atoms. The lowest BCUT2D eigenvalue weighted by atomic mass is 10.1. The molecule has 36 heavy (non-hydrogen) atoms. The van der Waals surface area contributed by atoms with Gasteiger partial charge in [-0.1, -0.05) is 35.9 Å². The monoisotopic (exact) mass is 488 g/mol. The van der Waals surface area contributed by atoms with Crippen molar-refractivity contribution < 1.29 is 23.9 Å². The lowest BCUT2D eigenvalue weighted by Crippen LogP contribution is -2.32. The number of nitrogens with one attached hydrogen (secondary N) is 3. The Morgan fingerprint density at radius 3 is 2.28 bits per heavy atom. The third-order valence-corrected chi connectivity index (χ3v) is 5.08. The Morgan fingerprint density at radius 2 is 1.56 bits per heavy atom. The molecule has 0 aliphatic heterocycles.